The van der Waals surface area contributed by atoms with Gasteiger partial charge in [-0.25, -0.2) is 0 Å². The number of hydrogen-bond acceptors (Lipinski definition) is 3. The highest BCUT2D eigenvalue weighted by molar-refractivity contribution is 5.95. The van der Waals surface area contributed by atoms with Gasteiger partial charge in [0.05, 0.1) is 19.8 Å². The van der Waals surface area contributed by atoms with Crippen molar-refractivity contribution in [2.24, 2.45) is 0 Å². The Morgan fingerprint density at radius 2 is 1.83 bits per heavy atom. The summed E-state index contributed by atoms with van der Waals surface area (Å²) in [5, 5.41) is 3.88. The first-order valence-corrected chi connectivity index (χ1v) is 7.48. The maximum absolute atomic E-state index is 12.2. The SMILES string of the molecule is COc1ccc(NC(=O)Cc2coc3cc(C)c(C)cc23)cc1. The molecule has 0 fully saturated rings. The topological polar surface area (TPSA) is 51.5 Å². The molecule has 0 atom stereocenters. The van der Waals surface area contributed by atoms with Crippen molar-refractivity contribution in [3.63, 3.8) is 0 Å². The summed E-state index contributed by atoms with van der Waals surface area (Å²) in [6.07, 6.45) is 1.94. The van der Waals surface area contributed by atoms with E-state index in [9.17, 15) is 4.79 Å². The summed E-state index contributed by atoms with van der Waals surface area (Å²) in [6, 6.07) is 11.3. The molecule has 2 aromatic carbocycles. The molecule has 0 spiro atoms. The monoisotopic (exact) mass is 309 g/mol. The maximum atomic E-state index is 12.2. The molecule has 118 valence electrons. The van der Waals surface area contributed by atoms with Crippen LogP contribution < -0.4 is 10.1 Å². The second-order valence-electron chi connectivity index (χ2n) is 5.65. The van der Waals surface area contributed by atoms with Crippen LogP contribution >= 0.6 is 0 Å². The highest BCUT2D eigenvalue weighted by Gasteiger charge is 2.12. The van der Waals surface area contributed by atoms with Crippen molar-refractivity contribution in [3.05, 3.63) is 59.4 Å². The summed E-state index contributed by atoms with van der Waals surface area (Å²) < 4.78 is 10.7. The van der Waals surface area contributed by atoms with E-state index < -0.39 is 0 Å². The second kappa shape index (κ2) is 6.16. The molecule has 4 nitrogen and oxygen atoms in total. The molecule has 0 unspecified atom stereocenters. The normalized spacial score (nSPS) is 10.7. The van der Waals surface area contributed by atoms with Gasteiger partial charge in [-0.15, -0.1) is 0 Å². The van der Waals surface area contributed by atoms with Crippen LogP contribution in [0.4, 0.5) is 5.69 Å². The number of benzene rings is 2. The lowest BCUT2D eigenvalue weighted by Crippen LogP contribution is -2.14. The molecule has 0 aliphatic rings. The summed E-state index contributed by atoms with van der Waals surface area (Å²) >= 11 is 0. The van der Waals surface area contributed by atoms with Crippen molar-refractivity contribution in [1.29, 1.82) is 0 Å². The summed E-state index contributed by atoms with van der Waals surface area (Å²) in [4.78, 5) is 12.2. The Balaban J connectivity index is 1.76. The van der Waals surface area contributed by atoms with E-state index >= 15 is 0 Å². The van der Waals surface area contributed by atoms with Crippen LogP contribution in [0.3, 0.4) is 0 Å². The standard InChI is InChI=1S/C19H19NO3/c1-12-8-17-14(11-23-18(17)9-13(12)2)10-19(21)20-15-4-6-16(22-3)7-5-15/h4-9,11H,10H2,1-3H3,(H,20,21). The lowest BCUT2D eigenvalue weighted by molar-refractivity contribution is -0.115. The summed E-state index contributed by atoms with van der Waals surface area (Å²) in [7, 11) is 1.61. The molecule has 1 heterocycles. The molecule has 0 aliphatic carbocycles. The van der Waals surface area contributed by atoms with Crippen LogP contribution in [-0.2, 0) is 11.2 Å². The van der Waals surface area contributed by atoms with E-state index in [2.05, 4.69) is 18.3 Å². The third kappa shape index (κ3) is 3.21. The summed E-state index contributed by atoms with van der Waals surface area (Å²) in [5.41, 5.74) is 4.84. The lowest BCUT2D eigenvalue weighted by atomic mass is 10.0. The van der Waals surface area contributed by atoms with Gasteiger partial charge in [-0.2, -0.15) is 0 Å². The molecule has 1 amide bonds. The van der Waals surface area contributed by atoms with Crippen molar-refractivity contribution < 1.29 is 13.9 Å². The van der Waals surface area contributed by atoms with Crippen molar-refractivity contribution >= 4 is 22.6 Å². The van der Waals surface area contributed by atoms with Crippen molar-refractivity contribution in [2.45, 2.75) is 20.3 Å². The molecule has 0 bridgehead atoms. The van der Waals surface area contributed by atoms with Crippen LogP contribution in [-0.4, -0.2) is 13.0 Å². The number of rotatable bonds is 4. The first-order chi connectivity index (χ1) is 11.1. The maximum Gasteiger partial charge on any atom is 0.228 e. The van der Waals surface area contributed by atoms with Crippen molar-refractivity contribution in [1.82, 2.24) is 0 Å². The zero-order valence-corrected chi connectivity index (χ0v) is 13.5. The van der Waals surface area contributed by atoms with Crippen molar-refractivity contribution in [2.75, 3.05) is 12.4 Å². The molecule has 1 aromatic heterocycles. The van der Waals surface area contributed by atoms with E-state index in [1.807, 2.05) is 37.3 Å². The third-order valence-electron chi connectivity index (χ3n) is 3.99. The van der Waals surface area contributed by atoms with Gasteiger partial charge in [0.2, 0.25) is 5.91 Å². The fourth-order valence-electron chi connectivity index (χ4n) is 2.53. The van der Waals surface area contributed by atoms with Gasteiger partial charge in [0, 0.05) is 16.6 Å². The van der Waals surface area contributed by atoms with Gasteiger partial charge in [-0.3, -0.25) is 4.79 Å². The average molecular weight is 309 g/mol. The van der Waals surface area contributed by atoms with E-state index in [-0.39, 0.29) is 12.3 Å². The van der Waals surface area contributed by atoms with E-state index in [1.54, 1.807) is 13.4 Å². The minimum absolute atomic E-state index is 0.0731. The Labute approximate surface area is 135 Å². The zero-order valence-electron chi connectivity index (χ0n) is 13.5. The Morgan fingerprint density at radius 1 is 1.13 bits per heavy atom. The number of amides is 1. The number of hydrogen-bond donors (Lipinski definition) is 1. The molecule has 0 radical (unpaired) electrons. The fourth-order valence-corrected chi connectivity index (χ4v) is 2.53. The number of carbonyl (C=O) groups is 1. The molecule has 0 saturated heterocycles. The second-order valence-corrected chi connectivity index (χ2v) is 5.65. The third-order valence-corrected chi connectivity index (χ3v) is 3.99. The van der Waals surface area contributed by atoms with Gasteiger partial charge in [-0.05, 0) is 61.4 Å². The minimum Gasteiger partial charge on any atom is -0.497 e. The van der Waals surface area contributed by atoms with Crippen LogP contribution in [0, 0.1) is 13.8 Å². The summed E-state index contributed by atoms with van der Waals surface area (Å²) in [5.74, 6) is 0.686. The van der Waals surface area contributed by atoms with E-state index in [1.165, 1.54) is 11.1 Å². The number of methoxy groups -OCH3 is 1. The fraction of sp³-hybridized carbons (Fsp3) is 0.211. The highest BCUT2D eigenvalue weighted by atomic mass is 16.5. The number of fused-ring (bicyclic) bond motifs is 1. The quantitative estimate of drug-likeness (QED) is 0.784. The largest absolute Gasteiger partial charge is 0.497 e. The smallest absolute Gasteiger partial charge is 0.228 e. The highest BCUT2D eigenvalue weighted by Crippen LogP contribution is 2.25. The van der Waals surface area contributed by atoms with E-state index in [0.29, 0.717) is 0 Å². The van der Waals surface area contributed by atoms with Crippen LogP contribution in [0.1, 0.15) is 16.7 Å². The molecule has 3 rings (SSSR count). The predicted molar refractivity (Wildman–Crippen MR) is 91.0 cm³/mol. The Hall–Kier alpha value is -2.75. The number of ether oxygens (including phenoxy) is 1. The molecule has 0 aliphatic heterocycles. The van der Waals surface area contributed by atoms with Crippen LogP contribution in [0.25, 0.3) is 11.0 Å². The van der Waals surface area contributed by atoms with Gasteiger partial charge < -0.3 is 14.5 Å². The van der Waals surface area contributed by atoms with Gasteiger partial charge in [0.25, 0.3) is 0 Å². The lowest BCUT2D eigenvalue weighted by Gasteiger charge is -2.06. The molecular formula is C19H19NO3. The Kier molecular flexibility index (Phi) is 4.06. The number of furan rings is 1. The van der Waals surface area contributed by atoms with Crippen LogP contribution in [0.2, 0.25) is 0 Å². The first kappa shape index (κ1) is 15.2. The van der Waals surface area contributed by atoms with Gasteiger partial charge in [0.15, 0.2) is 0 Å². The molecule has 1 N–H and O–H groups in total. The number of carbonyl (C=O) groups excluding carboxylic acids is 1. The van der Waals surface area contributed by atoms with Crippen LogP contribution in [0.15, 0.2) is 47.1 Å². The molecule has 4 heteroatoms. The van der Waals surface area contributed by atoms with Crippen molar-refractivity contribution in [3.8, 4) is 5.75 Å². The van der Waals surface area contributed by atoms with Gasteiger partial charge in [-0.1, -0.05) is 0 Å². The molecule has 23 heavy (non-hydrogen) atoms. The number of nitrogens with one attached hydrogen (secondary N) is 1. The van der Waals surface area contributed by atoms with Gasteiger partial charge in [0.1, 0.15) is 11.3 Å². The molecule has 0 saturated carbocycles. The number of aryl methyl sites for hydroxylation is 2. The average Bonchev–Trinajstić information content (AvgIpc) is 2.90. The van der Waals surface area contributed by atoms with E-state index in [4.69, 9.17) is 9.15 Å². The molecular weight excluding hydrogens is 290 g/mol. The van der Waals surface area contributed by atoms with E-state index in [0.717, 1.165) is 28.0 Å². The number of anilines is 1. The Morgan fingerprint density at radius 3 is 2.52 bits per heavy atom. The minimum atomic E-state index is -0.0731. The van der Waals surface area contributed by atoms with Crippen LogP contribution in [0.5, 0.6) is 5.75 Å². The molecule has 3 aromatic rings. The predicted octanol–water partition coefficient (Wildman–Crippen LogP) is 4.24. The van der Waals surface area contributed by atoms with Gasteiger partial charge >= 0.3 is 0 Å². The summed E-state index contributed by atoms with van der Waals surface area (Å²) in [6.45, 7) is 4.11. The Bertz CT molecular complexity index is 847. The zero-order chi connectivity index (χ0) is 16.4. The first-order valence-electron chi connectivity index (χ1n) is 7.48.